The highest BCUT2D eigenvalue weighted by atomic mass is 16.3. The zero-order valence-electron chi connectivity index (χ0n) is 15.1. The van der Waals surface area contributed by atoms with Crippen molar-refractivity contribution < 1.29 is 9.90 Å². The molecule has 4 rings (SSSR count). The number of fused-ring (bicyclic) bond motifs is 4. The van der Waals surface area contributed by atoms with Gasteiger partial charge in [-0.2, -0.15) is 0 Å². The number of hydrogen-bond acceptors (Lipinski definition) is 2. The van der Waals surface area contributed by atoms with Crippen molar-refractivity contribution in [2.75, 3.05) is 6.54 Å². The van der Waals surface area contributed by atoms with Crippen molar-refractivity contribution in [1.82, 2.24) is 4.90 Å². The maximum absolute atomic E-state index is 13.2. The summed E-state index contributed by atoms with van der Waals surface area (Å²) in [6.45, 7) is 7.82. The van der Waals surface area contributed by atoms with Gasteiger partial charge in [-0.1, -0.05) is 45.7 Å². The number of carbonyl (C=O) groups is 1. The molecule has 2 aliphatic carbocycles. The Labute approximate surface area is 145 Å². The van der Waals surface area contributed by atoms with Crippen molar-refractivity contribution in [3.63, 3.8) is 0 Å². The molecule has 1 N–H and O–H groups in total. The van der Waals surface area contributed by atoms with Crippen LogP contribution in [0.1, 0.15) is 64.0 Å². The molecule has 1 amide bonds. The van der Waals surface area contributed by atoms with Gasteiger partial charge < -0.3 is 10.0 Å². The highest BCUT2D eigenvalue weighted by Gasteiger charge is 2.57. The predicted molar refractivity (Wildman–Crippen MR) is 95.0 cm³/mol. The lowest BCUT2D eigenvalue weighted by atomic mass is 9.51. The molecule has 24 heavy (non-hydrogen) atoms. The first-order valence-electron chi connectivity index (χ1n) is 9.48. The van der Waals surface area contributed by atoms with Crippen molar-refractivity contribution in [1.29, 1.82) is 0 Å². The van der Waals surface area contributed by atoms with E-state index >= 15 is 0 Å². The van der Waals surface area contributed by atoms with Crippen LogP contribution in [0.2, 0.25) is 0 Å². The molecule has 3 nitrogen and oxygen atoms in total. The topological polar surface area (TPSA) is 40.5 Å². The normalized spacial score (nSPS) is 31.8. The average molecular weight is 327 g/mol. The van der Waals surface area contributed by atoms with E-state index in [-0.39, 0.29) is 22.8 Å². The number of phenols is 1. The Morgan fingerprint density at radius 2 is 1.92 bits per heavy atom. The number of benzene rings is 1. The van der Waals surface area contributed by atoms with Crippen molar-refractivity contribution in [2.24, 2.45) is 11.3 Å². The highest BCUT2D eigenvalue weighted by Crippen LogP contribution is 2.57. The van der Waals surface area contributed by atoms with E-state index in [9.17, 15) is 9.90 Å². The number of likely N-dealkylation sites (tertiary alicyclic amines) is 1. The molecule has 1 aromatic carbocycles. The smallest absolute Gasteiger partial charge is 0.225 e. The van der Waals surface area contributed by atoms with E-state index in [1.807, 2.05) is 6.07 Å². The van der Waals surface area contributed by atoms with Crippen molar-refractivity contribution in [3.05, 3.63) is 29.3 Å². The van der Waals surface area contributed by atoms with Gasteiger partial charge in [-0.25, -0.2) is 0 Å². The van der Waals surface area contributed by atoms with Crippen molar-refractivity contribution in [2.45, 2.75) is 70.8 Å². The van der Waals surface area contributed by atoms with E-state index < -0.39 is 0 Å². The summed E-state index contributed by atoms with van der Waals surface area (Å²) >= 11 is 0. The van der Waals surface area contributed by atoms with Gasteiger partial charge in [0.15, 0.2) is 0 Å². The molecule has 3 aliphatic rings. The molecule has 3 heteroatoms. The van der Waals surface area contributed by atoms with Crippen LogP contribution in [0.25, 0.3) is 0 Å². The van der Waals surface area contributed by atoms with Crippen LogP contribution < -0.4 is 0 Å². The van der Waals surface area contributed by atoms with Crippen LogP contribution in [-0.2, 0) is 16.6 Å². The second-order valence-electron chi connectivity index (χ2n) is 8.84. The monoisotopic (exact) mass is 327 g/mol. The Morgan fingerprint density at radius 3 is 2.62 bits per heavy atom. The maximum Gasteiger partial charge on any atom is 0.225 e. The molecule has 1 saturated carbocycles. The second-order valence-corrected chi connectivity index (χ2v) is 8.84. The number of carbonyl (C=O) groups excluding carboxylic acids is 1. The third-order valence-corrected chi connectivity index (χ3v) is 7.61. The van der Waals surface area contributed by atoms with Crippen LogP contribution in [0, 0.1) is 11.3 Å². The fourth-order valence-electron chi connectivity index (χ4n) is 5.60. The minimum absolute atomic E-state index is 0.0104. The molecule has 2 atom stereocenters. The summed E-state index contributed by atoms with van der Waals surface area (Å²) in [6.07, 6.45) is 6.26. The number of phenolic OH excluding ortho intramolecular Hbond substituents is 1. The quantitative estimate of drug-likeness (QED) is 0.846. The summed E-state index contributed by atoms with van der Waals surface area (Å²) in [4.78, 5) is 15.3. The largest absolute Gasteiger partial charge is 0.508 e. The summed E-state index contributed by atoms with van der Waals surface area (Å²) < 4.78 is 0. The molecule has 1 aromatic rings. The summed E-state index contributed by atoms with van der Waals surface area (Å²) in [7, 11) is 0. The van der Waals surface area contributed by atoms with Crippen LogP contribution in [0.3, 0.4) is 0 Å². The second kappa shape index (κ2) is 5.24. The Balaban J connectivity index is 1.76. The summed E-state index contributed by atoms with van der Waals surface area (Å²) in [5, 5.41) is 10.4. The molecule has 2 bridgehead atoms. The van der Waals surface area contributed by atoms with Gasteiger partial charge in [-0.15, -0.1) is 0 Å². The highest BCUT2D eigenvalue weighted by molar-refractivity contribution is 5.80. The molecule has 0 radical (unpaired) electrons. The van der Waals surface area contributed by atoms with Gasteiger partial charge >= 0.3 is 0 Å². The van der Waals surface area contributed by atoms with Crippen LogP contribution in [0.5, 0.6) is 5.75 Å². The van der Waals surface area contributed by atoms with Crippen LogP contribution in [-0.4, -0.2) is 28.5 Å². The number of rotatable bonds is 1. The van der Waals surface area contributed by atoms with E-state index in [1.54, 1.807) is 6.07 Å². The fraction of sp³-hybridized carbons (Fsp3) is 0.667. The van der Waals surface area contributed by atoms with Crippen LogP contribution in [0.15, 0.2) is 18.2 Å². The van der Waals surface area contributed by atoms with E-state index in [4.69, 9.17) is 0 Å². The van der Waals surface area contributed by atoms with E-state index in [0.29, 0.717) is 11.7 Å². The third-order valence-electron chi connectivity index (χ3n) is 7.61. The standard InChI is InChI=1S/C21H29NO2/c1-20(2)18-13-15-16(9-6-10-17(15)23)21(20,3)11-12-22(18)19(24)14-7-4-5-8-14/h6,9-10,14,18,23H,4-5,7-8,11-13H2,1-3H3/t18-,21?/m1/s1. The van der Waals surface area contributed by atoms with Crippen LogP contribution in [0.4, 0.5) is 0 Å². The lowest BCUT2D eigenvalue weighted by molar-refractivity contribution is -0.148. The van der Waals surface area contributed by atoms with Crippen molar-refractivity contribution in [3.8, 4) is 5.75 Å². The molecule has 1 aliphatic heterocycles. The van der Waals surface area contributed by atoms with Gasteiger partial charge in [-0.05, 0) is 48.3 Å². The van der Waals surface area contributed by atoms with Crippen LogP contribution >= 0.6 is 0 Å². The fourth-order valence-corrected chi connectivity index (χ4v) is 5.60. The lowest BCUT2D eigenvalue weighted by Gasteiger charge is -2.61. The van der Waals surface area contributed by atoms with Gasteiger partial charge in [-0.3, -0.25) is 4.79 Å². The van der Waals surface area contributed by atoms with Gasteiger partial charge in [0.1, 0.15) is 5.75 Å². The van der Waals surface area contributed by atoms with Gasteiger partial charge in [0.05, 0.1) is 0 Å². The Morgan fingerprint density at radius 1 is 1.21 bits per heavy atom. The number of hydrogen-bond donors (Lipinski definition) is 1. The van der Waals surface area contributed by atoms with Gasteiger partial charge in [0.25, 0.3) is 0 Å². The first-order chi connectivity index (χ1) is 11.4. The maximum atomic E-state index is 13.2. The van der Waals surface area contributed by atoms with E-state index in [2.05, 4.69) is 31.7 Å². The number of piperidine rings is 1. The van der Waals surface area contributed by atoms with Crippen molar-refractivity contribution >= 4 is 5.91 Å². The summed E-state index contributed by atoms with van der Waals surface area (Å²) in [5.74, 6) is 0.997. The van der Waals surface area contributed by atoms with E-state index in [0.717, 1.165) is 37.8 Å². The third kappa shape index (κ3) is 1.99. The Hall–Kier alpha value is -1.51. The average Bonchev–Trinajstić information content (AvgIpc) is 3.05. The van der Waals surface area contributed by atoms with Gasteiger partial charge in [0.2, 0.25) is 5.91 Å². The predicted octanol–water partition coefficient (Wildman–Crippen LogP) is 4.02. The molecule has 130 valence electrons. The Bertz CT molecular complexity index is 674. The molecule has 1 heterocycles. The molecular formula is C21H29NO2. The number of aromatic hydroxyl groups is 1. The zero-order chi connectivity index (χ0) is 17.1. The lowest BCUT2D eigenvalue weighted by Crippen LogP contribution is -2.65. The Kier molecular flexibility index (Phi) is 3.49. The zero-order valence-corrected chi connectivity index (χ0v) is 15.1. The molecular weight excluding hydrogens is 298 g/mol. The minimum Gasteiger partial charge on any atom is -0.508 e. The molecule has 0 spiro atoms. The SMILES string of the molecule is CC12CCN(C(=O)C3CCCC3)[C@H](Cc3c(O)cccc31)C2(C)C. The summed E-state index contributed by atoms with van der Waals surface area (Å²) in [6, 6.07) is 6.12. The number of amides is 1. The summed E-state index contributed by atoms with van der Waals surface area (Å²) in [5.41, 5.74) is 2.38. The molecule has 0 aromatic heterocycles. The minimum atomic E-state index is 0.0104. The number of nitrogens with zero attached hydrogens (tertiary/aromatic N) is 1. The first kappa shape index (κ1) is 16.0. The van der Waals surface area contributed by atoms with Gasteiger partial charge in [0, 0.05) is 23.9 Å². The molecule has 2 fully saturated rings. The molecule has 1 unspecified atom stereocenters. The molecule has 1 saturated heterocycles. The first-order valence-corrected chi connectivity index (χ1v) is 9.48. The van der Waals surface area contributed by atoms with E-state index in [1.165, 1.54) is 18.4 Å².